The van der Waals surface area contributed by atoms with Crippen molar-refractivity contribution in [3.63, 3.8) is 0 Å². The molecule has 0 aliphatic heterocycles. The third-order valence-corrected chi connectivity index (χ3v) is 5.90. The van der Waals surface area contributed by atoms with Gasteiger partial charge in [-0.1, -0.05) is 12.1 Å². The Balaban J connectivity index is 2.03. The van der Waals surface area contributed by atoms with Crippen molar-refractivity contribution in [3.05, 3.63) is 46.8 Å². The van der Waals surface area contributed by atoms with Crippen molar-refractivity contribution in [2.24, 2.45) is 0 Å². The summed E-state index contributed by atoms with van der Waals surface area (Å²) in [5.41, 5.74) is 0.436. The highest BCUT2D eigenvalue weighted by molar-refractivity contribution is 7.91. The van der Waals surface area contributed by atoms with Crippen LogP contribution in [0.25, 0.3) is 0 Å². The number of aryl methyl sites for hydroxylation is 1. The molecule has 1 amide bonds. The summed E-state index contributed by atoms with van der Waals surface area (Å²) in [6.07, 6.45) is 0. The van der Waals surface area contributed by atoms with Gasteiger partial charge < -0.3 is 10.1 Å². The molecule has 24 heavy (non-hydrogen) atoms. The number of hydrogen-bond donors (Lipinski definition) is 2. The van der Waals surface area contributed by atoms with Crippen molar-refractivity contribution in [1.82, 2.24) is 4.72 Å². The number of ether oxygens (including phenoxy) is 1. The van der Waals surface area contributed by atoms with Crippen LogP contribution >= 0.6 is 11.3 Å². The van der Waals surface area contributed by atoms with E-state index >= 15 is 0 Å². The minimum Gasteiger partial charge on any atom is -0.465 e. The number of carbonyl (C=O) groups excluding carboxylic acids is 2. The molecule has 7 nitrogen and oxygen atoms in total. The predicted molar refractivity (Wildman–Crippen MR) is 90.7 cm³/mol. The van der Waals surface area contributed by atoms with E-state index in [4.69, 9.17) is 0 Å². The SMILES string of the molecule is COC(=O)c1ccccc1NC(=O)CNS(=O)(=O)c1ccc(C)s1. The lowest BCUT2D eigenvalue weighted by atomic mass is 10.2. The molecule has 9 heteroatoms. The van der Waals surface area contributed by atoms with Gasteiger partial charge in [0.25, 0.3) is 10.0 Å². The van der Waals surface area contributed by atoms with Gasteiger partial charge in [-0.05, 0) is 31.2 Å². The summed E-state index contributed by atoms with van der Waals surface area (Å²) in [4.78, 5) is 24.5. The zero-order chi connectivity index (χ0) is 17.7. The Labute approximate surface area is 143 Å². The lowest BCUT2D eigenvalue weighted by molar-refractivity contribution is -0.115. The second-order valence-corrected chi connectivity index (χ2v) is 8.06. The number of hydrogen-bond acceptors (Lipinski definition) is 6. The molecule has 1 heterocycles. The summed E-state index contributed by atoms with van der Waals surface area (Å²) in [6, 6.07) is 9.46. The molecule has 0 spiro atoms. The van der Waals surface area contributed by atoms with Gasteiger partial charge in [-0.3, -0.25) is 4.79 Å². The first kappa shape index (κ1) is 18.1. The van der Waals surface area contributed by atoms with Crippen LogP contribution in [0.15, 0.2) is 40.6 Å². The first-order valence-electron chi connectivity index (χ1n) is 6.87. The largest absolute Gasteiger partial charge is 0.465 e. The van der Waals surface area contributed by atoms with E-state index in [-0.39, 0.29) is 15.5 Å². The van der Waals surface area contributed by atoms with Crippen LogP contribution in [0, 0.1) is 6.92 Å². The molecule has 2 aromatic rings. The van der Waals surface area contributed by atoms with E-state index in [1.807, 2.05) is 0 Å². The van der Waals surface area contributed by atoms with Crippen molar-refractivity contribution in [3.8, 4) is 0 Å². The zero-order valence-corrected chi connectivity index (χ0v) is 14.7. The van der Waals surface area contributed by atoms with Gasteiger partial charge >= 0.3 is 5.97 Å². The summed E-state index contributed by atoms with van der Waals surface area (Å²) >= 11 is 1.12. The van der Waals surface area contributed by atoms with Gasteiger partial charge in [0, 0.05) is 4.88 Å². The van der Waals surface area contributed by atoms with Gasteiger partial charge in [-0.15, -0.1) is 11.3 Å². The zero-order valence-electron chi connectivity index (χ0n) is 13.0. The van der Waals surface area contributed by atoms with Crippen molar-refractivity contribution >= 4 is 38.9 Å². The highest BCUT2D eigenvalue weighted by Crippen LogP contribution is 2.20. The Morgan fingerprint density at radius 1 is 1.17 bits per heavy atom. The number of amides is 1. The van der Waals surface area contributed by atoms with E-state index in [9.17, 15) is 18.0 Å². The Morgan fingerprint density at radius 2 is 1.88 bits per heavy atom. The molecule has 0 radical (unpaired) electrons. The molecule has 0 atom stereocenters. The van der Waals surface area contributed by atoms with Gasteiger partial charge in [-0.2, -0.15) is 0 Å². The van der Waals surface area contributed by atoms with Crippen molar-refractivity contribution < 1.29 is 22.7 Å². The molecule has 0 fully saturated rings. The number of methoxy groups -OCH3 is 1. The second-order valence-electron chi connectivity index (χ2n) is 4.77. The Morgan fingerprint density at radius 3 is 2.50 bits per heavy atom. The maximum atomic E-state index is 12.1. The highest BCUT2D eigenvalue weighted by atomic mass is 32.2. The molecule has 1 aromatic heterocycles. The summed E-state index contributed by atoms with van der Waals surface area (Å²) in [7, 11) is -2.51. The number of para-hydroxylation sites is 1. The summed E-state index contributed by atoms with van der Waals surface area (Å²) in [5.74, 6) is -1.19. The second kappa shape index (κ2) is 7.56. The third-order valence-electron chi connectivity index (χ3n) is 3.01. The first-order valence-corrected chi connectivity index (χ1v) is 9.17. The summed E-state index contributed by atoms with van der Waals surface area (Å²) in [5, 5.41) is 2.49. The average Bonchev–Trinajstić information content (AvgIpc) is 3.00. The Bertz CT molecular complexity index is 858. The van der Waals surface area contributed by atoms with E-state index in [0.29, 0.717) is 0 Å². The fraction of sp³-hybridized carbons (Fsp3) is 0.200. The van der Waals surface area contributed by atoms with Crippen molar-refractivity contribution in [2.75, 3.05) is 19.0 Å². The number of anilines is 1. The topological polar surface area (TPSA) is 102 Å². The molecule has 0 bridgehead atoms. The molecule has 0 aliphatic carbocycles. The Hall–Kier alpha value is -2.23. The van der Waals surface area contributed by atoms with E-state index in [1.165, 1.54) is 25.3 Å². The van der Waals surface area contributed by atoms with E-state index in [1.54, 1.807) is 25.1 Å². The van der Waals surface area contributed by atoms with Gasteiger partial charge in [0.2, 0.25) is 5.91 Å². The molecular formula is C15H16N2O5S2. The molecule has 2 rings (SSSR count). The average molecular weight is 368 g/mol. The van der Waals surface area contributed by atoms with E-state index < -0.39 is 28.4 Å². The van der Waals surface area contributed by atoms with Crippen LogP contribution in [0.4, 0.5) is 5.69 Å². The molecule has 0 aliphatic rings. The molecule has 2 N–H and O–H groups in total. The predicted octanol–water partition coefficient (Wildman–Crippen LogP) is 1.76. The van der Waals surface area contributed by atoms with Crippen LogP contribution in [0.2, 0.25) is 0 Å². The normalized spacial score (nSPS) is 11.1. The van der Waals surface area contributed by atoms with Crippen LogP contribution in [-0.4, -0.2) is 33.9 Å². The number of benzene rings is 1. The van der Waals surface area contributed by atoms with Crippen LogP contribution in [0.5, 0.6) is 0 Å². The smallest absolute Gasteiger partial charge is 0.339 e. The fourth-order valence-electron chi connectivity index (χ4n) is 1.86. The monoisotopic (exact) mass is 368 g/mol. The van der Waals surface area contributed by atoms with E-state index in [0.717, 1.165) is 16.2 Å². The quantitative estimate of drug-likeness (QED) is 0.757. The molecule has 0 saturated carbocycles. The standard InChI is InChI=1S/C15H16N2O5S2/c1-10-7-8-14(23-10)24(20,21)16-9-13(18)17-12-6-4-3-5-11(12)15(19)22-2/h3-8,16H,9H2,1-2H3,(H,17,18). The summed E-state index contributed by atoms with van der Waals surface area (Å²) in [6.45, 7) is 1.34. The molecule has 128 valence electrons. The number of esters is 1. The number of carbonyl (C=O) groups is 2. The molecular weight excluding hydrogens is 352 g/mol. The summed E-state index contributed by atoms with van der Waals surface area (Å²) < 4.78 is 31.1. The molecule has 0 unspecified atom stereocenters. The minimum atomic E-state index is -3.74. The number of rotatable bonds is 6. The molecule has 1 aromatic carbocycles. The number of nitrogens with one attached hydrogen (secondary N) is 2. The van der Waals surface area contributed by atoms with E-state index in [2.05, 4.69) is 14.8 Å². The minimum absolute atomic E-state index is 0.141. The maximum Gasteiger partial charge on any atom is 0.339 e. The van der Waals surface area contributed by atoms with Crippen LogP contribution in [0.1, 0.15) is 15.2 Å². The lowest BCUT2D eigenvalue weighted by Crippen LogP contribution is -2.32. The highest BCUT2D eigenvalue weighted by Gasteiger charge is 2.18. The first-order chi connectivity index (χ1) is 11.3. The third kappa shape index (κ3) is 4.40. The van der Waals surface area contributed by atoms with Crippen molar-refractivity contribution in [2.45, 2.75) is 11.1 Å². The molecule has 0 saturated heterocycles. The van der Waals surface area contributed by atoms with Crippen LogP contribution in [0.3, 0.4) is 0 Å². The van der Waals surface area contributed by atoms with Crippen molar-refractivity contribution in [1.29, 1.82) is 0 Å². The number of sulfonamides is 1. The lowest BCUT2D eigenvalue weighted by Gasteiger charge is -2.10. The Kier molecular flexibility index (Phi) is 5.71. The fourth-order valence-corrected chi connectivity index (χ4v) is 4.17. The van der Waals surface area contributed by atoms with Gasteiger partial charge in [-0.25, -0.2) is 17.9 Å². The van der Waals surface area contributed by atoms with Crippen LogP contribution < -0.4 is 10.0 Å². The number of thiophene rings is 1. The van der Waals surface area contributed by atoms with Crippen LogP contribution in [-0.2, 0) is 19.6 Å². The maximum absolute atomic E-state index is 12.1. The van der Waals surface area contributed by atoms with Gasteiger partial charge in [0.1, 0.15) is 4.21 Å². The van der Waals surface area contributed by atoms with Gasteiger partial charge in [0.05, 0.1) is 24.9 Å². The van der Waals surface area contributed by atoms with Gasteiger partial charge in [0.15, 0.2) is 0 Å².